The Balaban J connectivity index is 3.35. The molecule has 0 aromatic heterocycles. The molecule has 3 nitrogen and oxygen atoms in total. The molecule has 0 bridgehead atoms. The molecule has 1 aromatic carbocycles. The van der Waals surface area contributed by atoms with Crippen LogP contribution in [0.5, 0.6) is 0 Å². The summed E-state index contributed by atoms with van der Waals surface area (Å²) in [4.78, 5) is 10.5. The number of aldehydes is 1. The van der Waals surface area contributed by atoms with Gasteiger partial charge in [0.2, 0.25) is 0 Å². The first-order valence-corrected chi connectivity index (χ1v) is 6.30. The SMILES string of the molecule is CC(C)S(=O)(=O)c1ccc(C=O)cc1Cl. The third-order valence-electron chi connectivity index (χ3n) is 2.02. The molecule has 0 atom stereocenters. The van der Waals surface area contributed by atoms with Gasteiger partial charge in [0.1, 0.15) is 6.29 Å². The van der Waals surface area contributed by atoms with Crippen LogP contribution in [0.15, 0.2) is 23.1 Å². The van der Waals surface area contributed by atoms with Gasteiger partial charge in [-0.3, -0.25) is 4.79 Å². The third-order valence-corrected chi connectivity index (χ3v) is 4.65. The largest absolute Gasteiger partial charge is 0.298 e. The molecular formula is C10H11ClO3S. The monoisotopic (exact) mass is 246 g/mol. The zero-order chi connectivity index (χ0) is 11.6. The molecule has 0 spiro atoms. The van der Waals surface area contributed by atoms with Crippen LogP contribution < -0.4 is 0 Å². The number of benzene rings is 1. The number of hydrogen-bond acceptors (Lipinski definition) is 3. The fourth-order valence-corrected chi connectivity index (χ4v) is 2.68. The molecule has 15 heavy (non-hydrogen) atoms. The topological polar surface area (TPSA) is 51.2 Å². The molecule has 1 rings (SSSR count). The first kappa shape index (κ1) is 12.2. The fraction of sp³-hybridized carbons (Fsp3) is 0.300. The van der Waals surface area contributed by atoms with E-state index in [1.807, 2.05) is 0 Å². The Kier molecular flexibility index (Phi) is 3.52. The van der Waals surface area contributed by atoms with Crippen LogP contribution in [0.1, 0.15) is 24.2 Å². The van der Waals surface area contributed by atoms with Crippen molar-refractivity contribution in [3.8, 4) is 0 Å². The van der Waals surface area contributed by atoms with Gasteiger partial charge in [-0.15, -0.1) is 0 Å². The number of halogens is 1. The van der Waals surface area contributed by atoms with Crippen LogP contribution in [0.4, 0.5) is 0 Å². The Hall–Kier alpha value is -0.870. The van der Waals surface area contributed by atoms with Crippen LogP contribution >= 0.6 is 11.6 Å². The molecule has 82 valence electrons. The Bertz CT molecular complexity index is 477. The van der Waals surface area contributed by atoms with Crippen molar-refractivity contribution in [1.29, 1.82) is 0 Å². The first-order valence-electron chi connectivity index (χ1n) is 4.38. The Morgan fingerprint density at radius 2 is 1.93 bits per heavy atom. The van der Waals surface area contributed by atoms with E-state index in [0.29, 0.717) is 11.8 Å². The van der Waals surface area contributed by atoms with E-state index < -0.39 is 15.1 Å². The molecule has 1 aromatic rings. The van der Waals surface area contributed by atoms with Crippen molar-refractivity contribution in [3.63, 3.8) is 0 Å². The fourth-order valence-electron chi connectivity index (χ4n) is 1.08. The van der Waals surface area contributed by atoms with E-state index in [4.69, 9.17) is 11.6 Å². The van der Waals surface area contributed by atoms with Crippen molar-refractivity contribution < 1.29 is 13.2 Å². The van der Waals surface area contributed by atoms with Crippen molar-refractivity contribution in [2.45, 2.75) is 24.0 Å². The zero-order valence-electron chi connectivity index (χ0n) is 8.40. The van der Waals surface area contributed by atoms with Gasteiger partial charge < -0.3 is 0 Å². The number of sulfone groups is 1. The third kappa shape index (κ3) is 2.38. The van der Waals surface area contributed by atoms with Crippen molar-refractivity contribution in [2.24, 2.45) is 0 Å². The second-order valence-electron chi connectivity index (χ2n) is 3.40. The summed E-state index contributed by atoms with van der Waals surface area (Å²) in [6.45, 7) is 3.17. The standard InChI is InChI=1S/C10H11ClO3S/c1-7(2)15(13,14)10-4-3-8(6-12)5-9(10)11/h3-7H,1-2H3. The van der Waals surface area contributed by atoms with Crippen molar-refractivity contribution in [1.82, 2.24) is 0 Å². The molecule has 0 aliphatic carbocycles. The summed E-state index contributed by atoms with van der Waals surface area (Å²) in [5, 5.41) is -0.439. The molecule has 0 radical (unpaired) electrons. The van der Waals surface area contributed by atoms with Gasteiger partial charge in [-0.05, 0) is 26.0 Å². The van der Waals surface area contributed by atoms with Crippen molar-refractivity contribution in [2.75, 3.05) is 0 Å². The minimum absolute atomic E-state index is 0.0739. The van der Waals surface area contributed by atoms with Crippen molar-refractivity contribution in [3.05, 3.63) is 28.8 Å². The van der Waals surface area contributed by atoms with Crippen LogP contribution in [-0.2, 0) is 9.84 Å². The minimum Gasteiger partial charge on any atom is -0.298 e. The van der Waals surface area contributed by atoms with Crippen LogP contribution in [0, 0.1) is 0 Å². The molecule has 5 heteroatoms. The number of carbonyl (C=O) groups is 1. The van der Waals surface area contributed by atoms with Gasteiger partial charge >= 0.3 is 0 Å². The second kappa shape index (κ2) is 4.33. The Morgan fingerprint density at radius 3 is 2.33 bits per heavy atom. The molecule has 0 unspecified atom stereocenters. The van der Waals surface area contributed by atoms with Gasteiger partial charge in [-0.1, -0.05) is 17.7 Å². The quantitative estimate of drug-likeness (QED) is 0.770. The first-order chi connectivity index (χ1) is 6.89. The molecule has 0 heterocycles. The summed E-state index contributed by atoms with van der Waals surface area (Å²) in [7, 11) is -3.38. The van der Waals surface area contributed by atoms with Crippen LogP contribution in [-0.4, -0.2) is 20.0 Å². The van der Waals surface area contributed by atoms with Crippen molar-refractivity contribution >= 4 is 27.7 Å². The Labute approximate surface area is 94.0 Å². The summed E-state index contributed by atoms with van der Waals surface area (Å²) in [6.07, 6.45) is 0.623. The van der Waals surface area contributed by atoms with E-state index in [1.54, 1.807) is 13.8 Å². The van der Waals surface area contributed by atoms with E-state index in [1.165, 1.54) is 18.2 Å². The van der Waals surface area contributed by atoms with Gasteiger partial charge in [-0.2, -0.15) is 0 Å². The Morgan fingerprint density at radius 1 is 1.33 bits per heavy atom. The predicted molar refractivity (Wildman–Crippen MR) is 59.2 cm³/mol. The molecule has 0 aliphatic rings. The molecular weight excluding hydrogens is 236 g/mol. The lowest BCUT2D eigenvalue weighted by Gasteiger charge is -2.09. The van der Waals surface area contributed by atoms with Crippen LogP contribution in [0.2, 0.25) is 5.02 Å². The maximum atomic E-state index is 11.8. The summed E-state index contributed by atoms with van der Waals surface area (Å²) in [5.74, 6) is 0. The molecule has 0 aliphatic heterocycles. The number of hydrogen-bond donors (Lipinski definition) is 0. The van der Waals surface area contributed by atoms with E-state index in [2.05, 4.69) is 0 Å². The summed E-state index contributed by atoms with van der Waals surface area (Å²) >= 11 is 5.80. The summed E-state index contributed by atoms with van der Waals surface area (Å²) in [5.41, 5.74) is 0.364. The zero-order valence-corrected chi connectivity index (χ0v) is 9.97. The van der Waals surface area contributed by atoms with E-state index in [-0.39, 0.29) is 9.92 Å². The maximum Gasteiger partial charge on any atom is 0.182 e. The highest BCUT2D eigenvalue weighted by Crippen LogP contribution is 2.25. The number of carbonyl (C=O) groups excluding carboxylic acids is 1. The minimum atomic E-state index is -3.38. The summed E-state index contributed by atoms with van der Waals surface area (Å²) < 4.78 is 23.6. The van der Waals surface area contributed by atoms with Gasteiger partial charge in [0.15, 0.2) is 9.84 Å². The molecule has 0 saturated carbocycles. The highest BCUT2D eigenvalue weighted by molar-refractivity contribution is 7.92. The van der Waals surface area contributed by atoms with Crippen LogP contribution in [0.25, 0.3) is 0 Å². The highest BCUT2D eigenvalue weighted by atomic mass is 35.5. The summed E-state index contributed by atoms with van der Waals surface area (Å²) in [6, 6.07) is 4.15. The van der Waals surface area contributed by atoms with Gasteiger partial charge in [-0.25, -0.2) is 8.42 Å². The average molecular weight is 247 g/mol. The molecule has 0 N–H and O–H groups in total. The normalized spacial score (nSPS) is 11.7. The lowest BCUT2D eigenvalue weighted by atomic mass is 10.2. The van der Waals surface area contributed by atoms with Gasteiger partial charge in [0.25, 0.3) is 0 Å². The van der Waals surface area contributed by atoms with E-state index in [9.17, 15) is 13.2 Å². The average Bonchev–Trinajstić information content (AvgIpc) is 2.16. The van der Waals surface area contributed by atoms with Gasteiger partial charge in [0, 0.05) is 5.56 Å². The molecule has 0 fully saturated rings. The lowest BCUT2D eigenvalue weighted by molar-refractivity contribution is 0.112. The number of rotatable bonds is 3. The van der Waals surface area contributed by atoms with E-state index in [0.717, 1.165) is 0 Å². The van der Waals surface area contributed by atoms with Gasteiger partial charge in [0.05, 0.1) is 15.2 Å². The maximum absolute atomic E-state index is 11.8. The smallest absolute Gasteiger partial charge is 0.182 e. The van der Waals surface area contributed by atoms with Crippen LogP contribution in [0.3, 0.4) is 0 Å². The lowest BCUT2D eigenvalue weighted by Crippen LogP contribution is -2.14. The molecule has 0 amide bonds. The molecule has 0 saturated heterocycles. The predicted octanol–water partition coefficient (Wildman–Crippen LogP) is 2.33. The van der Waals surface area contributed by atoms with E-state index >= 15 is 0 Å². The second-order valence-corrected chi connectivity index (χ2v) is 6.28. The highest BCUT2D eigenvalue weighted by Gasteiger charge is 2.21.